The molecule has 0 aliphatic carbocycles. The summed E-state index contributed by atoms with van der Waals surface area (Å²) in [6.07, 6.45) is 1.39. The van der Waals surface area contributed by atoms with E-state index in [1.165, 1.54) is 18.3 Å². The summed E-state index contributed by atoms with van der Waals surface area (Å²) in [6.45, 7) is 3.48. The van der Waals surface area contributed by atoms with Gasteiger partial charge in [-0.1, -0.05) is 25.4 Å². The van der Waals surface area contributed by atoms with Gasteiger partial charge in [-0.05, 0) is 18.1 Å². The normalized spacial score (nSPS) is 12.1. The molecule has 1 rings (SSSR count). The third-order valence-corrected chi connectivity index (χ3v) is 4.50. The van der Waals surface area contributed by atoms with Crippen molar-refractivity contribution in [2.45, 2.75) is 18.7 Å². The predicted molar refractivity (Wildman–Crippen MR) is 72.0 cm³/mol. The molecule has 0 radical (unpaired) electrons. The summed E-state index contributed by atoms with van der Waals surface area (Å²) in [5.41, 5.74) is 5.09. The van der Waals surface area contributed by atoms with Gasteiger partial charge in [0.15, 0.2) is 0 Å². The van der Waals surface area contributed by atoms with E-state index in [9.17, 15) is 13.2 Å². The molecule has 6 nitrogen and oxygen atoms in total. The number of sulfonamides is 1. The van der Waals surface area contributed by atoms with Crippen LogP contribution in [0.25, 0.3) is 0 Å². The molecule has 0 aliphatic rings. The Bertz CT molecular complexity index is 560. The number of halogens is 1. The molecule has 2 N–H and O–H groups in total. The Labute approximate surface area is 117 Å². The molecule has 0 fully saturated rings. The van der Waals surface area contributed by atoms with Crippen LogP contribution < -0.4 is 5.73 Å². The fourth-order valence-corrected chi connectivity index (χ4v) is 3.53. The maximum atomic E-state index is 12.4. The van der Waals surface area contributed by atoms with E-state index in [1.807, 2.05) is 13.8 Å². The zero-order valence-electron chi connectivity index (χ0n) is 10.7. The Morgan fingerprint density at radius 2 is 2.16 bits per heavy atom. The van der Waals surface area contributed by atoms with Crippen molar-refractivity contribution < 1.29 is 13.2 Å². The molecule has 1 amide bonds. The van der Waals surface area contributed by atoms with Crippen LogP contribution >= 0.6 is 11.6 Å². The van der Waals surface area contributed by atoms with Crippen LogP contribution in [0.15, 0.2) is 23.2 Å². The van der Waals surface area contributed by atoms with Gasteiger partial charge in [0.05, 0.1) is 6.54 Å². The van der Waals surface area contributed by atoms with Crippen LogP contribution in [-0.4, -0.2) is 36.7 Å². The lowest BCUT2D eigenvalue weighted by atomic mass is 10.2. The highest BCUT2D eigenvalue weighted by atomic mass is 35.5. The Hall–Kier alpha value is -1.18. The Kier molecular flexibility index (Phi) is 5.28. The quantitative estimate of drug-likeness (QED) is 0.789. The molecule has 0 bridgehead atoms. The average molecular weight is 306 g/mol. The molecule has 0 spiro atoms. The molecule has 0 saturated heterocycles. The van der Waals surface area contributed by atoms with E-state index < -0.39 is 15.9 Å². The number of hydrogen-bond acceptors (Lipinski definition) is 4. The van der Waals surface area contributed by atoms with Crippen molar-refractivity contribution in [2.24, 2.45) is 11.7 Å². The largest absolute Gasteiger partial charge is 0.369 e. The van der Waals surface area contributed by atoms with Crippen molar-refractivity contribution in [3.05, 3.63) is 23.5 Å². The number of carbonyl (C=O) groups is 1. The minimum Gasteiger partial charge on any atom is -0.369 e. The molecular formula is C11H16ClN3O3S. The number of carbonyl (C=O) groups excluding carboxylic acids is 1. The third-order valence-electron chi connectivity index (χ3n) is 2.24. The van der Waals surface area contributed by atoms with E-state index >= 15 is 0 Å². The maximum absolute atomic E-state index is 12.4. The number of rotatable bonds is 6. The van der Waals surface area contributed by atoms with Crippen LogP contribution in [-0.2, 0) is 14.8 Å². The topological polar surface area (TPSA) is 93.4 Å². The van der Waals surface area contributed by atoms with Gasteiger partial charge in [-0.15, -0.1) is 0 Å². The van der Waals surface area contributed by atoms with Crippen LogP contribution in [0.5, 0.6) is 0 Å². The number of amides is 1. The SMILES string of the molecule is CC(C)CN(CC(N)=O)S(=O)(=O)c1cccnc1Cl. The van der Waals surface area contributed by atoms with Crippen molar-refractivity contribution in [2.75, 3.05) is 13.1 Å². The van der Waals surface area contributed by atoms with Gasteiger partial charge in [-0.2, -0.15) is 4.31 Å². The van der Waals surface area contributed by atoms with Crippen molar-refractivity contribution >= 4 is 27.5 Å². The molecule has 8 heteroatoms. The van der Waals surface area contributed by atoms with Crippen molar-refractivity contribution in [3.63, 3.8) is 0 Å². The van der Waals surface area contributed by atoms with Gasteiger partial charge < -0.3 is 5.73 Å². The van der Waals surface area contributed by atoms with Crippen molar-refractivity contribution in [3.8, 4) is 0 Å². The van der Waals surface area contributed by atoms with Gasteiger partial charge in [-0.3, -0.25) is 4.79 Å². The van der Waals surface area contributed by atoms with E-state index in [1.54, 1.807) is 0 Å². The van der Waals surface area contributed by atoms with Crippen LogP contribution in [0.3, 0.4) is 0 Å². The summed E-state index contributed by atoms with van der Waals surface area (Å²) in [6, 6.07) is 2.82. The van der Waals surface area contributed by atoms with Crippen molar-refractivity contribution in [1.82, 2.24) is 9.29 Å². The van der Waals surface area contributed by atoms with E-state index in [0.717, 1.165) is 4.31 Å². The lowest BCUT2D eigenvalue weighted by molar-refractivity contribution is -0.118. The van der Waals surface area contributed by atoms with E-state index in [2.05, 4.69) is 4.98 Å². The van der Waals surface area contributed by atoms with E-state index in [-0.39, 0.29) is 29.1 Å². The van der Waals surface area contributed by atoms with Crippen LogP contribution in [0.2, 0.25) is 5.15 Å². The molecule has 0 atom stereocenters. The second-order valence-electron chi connectivity index (χ2n) is 4.45. The summed E-state index contributed by atoms with van der Waals surface area (Å²) in [5, 5.41) is -0.124. The predicted octanol–water partition coefficient (Wildman–Crippen LogP) is 0.867. The van der Waals surface area contributed by atoms with Gasteiger partial charge in [0.2, 0.25) is 15.9 Å². The number of nitrogens with zero attached hydrogens (tertiary/aromatic N) is 2. The first-order valence-corrected chi connectivity index (χ1v) is 7.46. The highest BCUT2D eigenvalue weighted by Crippen LogP contribution is 2.22. The summed E-state index contributed by atoms with van der Waals surface area (Å²) in [5.74, 6) is -0.672. The first-order chi connectivity index (χ1) is 8.75. The van der Waals surface area contributed by atoms with E-state index in [0.29, 0.717) is 0 Å². The Morgan fingerprint density at radius 3 is 2.63 bits per heavy atom. The van der Waals surface area contributed by atoms with Gasteiger partial charge in [0.25, 0.3) is 0 Å². The summed E-state index contributed by atoms with van der Waals surface area (Å²) in [7, 11) is -3.88. The standard InChI is InChI=1S/C11H16ClN3O3S/c1-8(2)6-15(7-10(13)16)19(17,18)9-4-3-5-14-11(9)12/h3-5,8H,6-7H2,1-2H3,(H2,13,16). The number of primary amides is 1. The third kappa shape index (κ3) is 4.15. The monoisotopic (exact) mass is 305 g/mol. The second kappa shape index (κ2) is 6.31. The fraction of sp³-hybridized carbons (Fsp3) is 0.455. The first kappa shape index (κ1) is 15.9. The summed E-state index contributed by atoms with van der Waals surface area (Å²) in [4.78, 5) is 14.6. The minimum atomic E-state index is -3.88. The van der Waals surface area contributed by atoms with Gasteiger partial charge in [0.1, 0.15) is 10.0 Å². The zero-order chi connectivity index (χ0) is 14.6. The first-order valence-electron chi connectivity index (χ1n) is 5.64. The minimum absolute atomic E-state index is 0.0459. The van der Waals surface area contributed by atoms with E-state index in [4.69, 9.17) is 17.3 Å². The molecule has 1 aromatic rings. The molecule has 1 heterocycles. The molecule has 0 aliphatic heterocycles. The van der Waals surface area contributed by atoms with Gasteiger partial charge >= 0.3 is 0 Å². The molecule has 0 unspecified atom stereocenters. The maximum Gasteiger partial charge on any atom is 0.246 e. The zero-order valence-corrected chi connectivity index (χ0v) is 12.3. The second-order valence-corrected chi connectivity index (χ2v) is 6.71. The Morgan fingerprint density at radius 1 is 1.53 bits per heavy atom. The molecule has 19 heavy (non-hydrogen) atoms. The number of hydrogen-bond donors (Lipinski definition) is 1. The molecular weight excluding hydrogens is 290 g/mol. The average Bonchev–Trinajstić information content (AvgIpc) is 2.27. The van der Waals surface area contributed by atoms with Crippen LogP contribution in [0.1, 0.15) is 13.8 Å². The number of pyridine rings is 1. The van der Waals surface area contributed by atoms with Gasteiger partial charge in [-0.25, -0.2) is 13.4 Å². The lowest BCUT2D eigenvalue weighted by Gasteiger charge is -2.22. The van der Waals surface area contributed by atoms with Crippen molar-refractivity contribution in [1.29, 1.82) is 0 Å². The van der Waals surface area contributed by atoms with Crippen LogP contribution in [0.4, 0.5) is 0 Å². The fourth-order valence-electron chi connectivity index (χ4n) is 1.53. The smallest absolute Gasteiger partial charge is 0.246 e. The summed E-state index contributed by atoms with van der Waals surface area (Å²) < 4.78 is 25.9. The van der Waals surface area contributed by atoms with Gasteiger partial charge in [0, 0.05) is 12.7 Å². The molecule has 106 valence electrons. The number of aromatic nitrogens is 1. The highest BCUT2D eigenvalue weighted by molar-refractivity contribution is 7.89. The Balaban J connectivity index is 3.19. The highest BCUT2D eigenvalue weighted by Gasteiger charge is 2.28. The number of nitrogens with two attached hydrogens (primary N) is 1. The molecule has 0 aromatic carbocycles. The van der Waals surface area contributed by atoms with Crippen LogP contribution in [0, 0.1) is 5.92 Å². The molecule has 0 saturated carbocycles. The summed E-state index contributed by atoms with van der Waals surface area (Å²) >= 11 is 5.79. The molecule has 1 aromatic heterocycles. The lowest BCUT2D eigenvalue weighted by Crippen LogP contribution is -2.40.